The van der Waals surface area contributed by atoms with Gasteiger partial charge in [0.2, 0.25) is 0 Å². The lowest BCUT2D eigenvalue weighted by Crippen LogP contribution is -2.35. The Labute approximate surface area is 107 Å². The molecule has 0 bridgehead atoms. The minimum atomic E-state index is -0.353. The summed E-state index contributed by atoms with van der Waals surface area (Å²) in [5.74, 6) is 0.236. The Hall–Kier alpha value is -1.58. The summed E-state index contributed by atoms with van der Waals surface area (Å²) < 4.78 is 18.5. The summed E-state index contributed by atoms with van der Waals surface area (Å²) in [6.07, 6.45) is 2.97. The van der Waals surface area contributed by atoms with E-state index < -0.39 is 0 Å². The lowest BCUT2D eigenvalue weighted by atomic mass is 9.93. The van der Waals surface area contributed by atoms with Gasteiger partial charge >= 0.3 is 0 Å². The van der Waals surface area contributed by atoms with Crippen LogP contribution in [0, 0.1) is 5.82 Å². The zero-order valence-corrected chi connectivity index (χ0v) is 10.8. The van der Waals surface area contributed by atoms with Crippen molar-refractivity contribution in [3.05, 3.63) is 24.0 Å². The van der Waals surface area contributed by atoms with Crippen molar-refractivity contribution in [2.45, 2.75) is 31.7 Å². The third-order valence-electron chi connectivity index (χ3n) is 3.60. The van der Waals surface area contributed by atoms with Gasteiger partial charge in [-0.15, -0.1) is 0 Å². The van der Waals surface area contributed by atoms with Crippen molar-refractivity contribution in [3.8, 4) is 5.75 Å². The zero-order chi connectivity index (χ0) is 13.1. The zero-order valence-electron chi connectivity index (χ0n) is 10.8. The molecular weight excluding hydrogens is 233 g/mol. The van der Waals surface area contributed by atoms with Crippen LogP contribution >= 0.6 is 0 Å². The van der Waals surface area contributed by atoms with Gasteiger partial charge in [0.15, 0.2) is 11.6 Å². The average Bonchev–Trinajstić information content (AvgIpc) is 2.38. The molecule has 1 aliphatic rings. The Morgan fingerprint density at radius 1 is 1.33 bits per heavy atom. The predicted octanol–water partition coefficient (Wildman–Crippen LogP) is 2.78. The molecule has 0 saturated heterocycles. The number of anilines is 1. The largest absolute Gasteiger partial charge is 0.494 e. The second kappa shape index (κ2) is 5.38. The molecule has 0 atom stereocenters. The number of rotatable bonds is 3. The maximum absolute atomic E-state index is 13.6. The molecule has 0 amide bonds. The molecule has 1 saturated carbocycles. The van der Waals surface area contributed by atoms with Crippen LogP contribution in [0.5, 0.6) is 5.75 Å². The number of carbonyl (C=O) groups is 1. The smallest absolute Gasteiger partial charge is 0.167 e. The van der Waals surface area contributed by atoms with E-state index in [0.29, 0.717) is 24.7 Å². The first-order valence-corrected chi connectivity index (χ1v) is 6.20. The number of ketones is 1. The SMILES string of the molecule is COc1ccc(N(C)C2CCC(=O)CC2)cc1F. The van der Waals surface area contributed by atoms with Crippen molar-refractivity contribution in [2.24, 2.45) is 0 Å². The van der Waals surface area contributed by atoms with Gasteiger partial charge < -0.3 is 9.64 Å². The number of ether oxygens (including phenoxy) is 1. The van der Waals surface area contributed by atoms with E-state index in [4.69, 9.17) is 4.74 Å². The molecule has 0 aromatic heterocycles. The summed E-state index contributed by atoms with van der Waals surface area (Å²) in [6, 6.07) is 5.28. The molecule has 1 aliphatic carbocycles. The van der Waals surface area contributed by atoms with Crippen LogP contribution in [0.25, 0.3) is 0 Å². The van der Waals surface area contributed by atoms with E-state index in [2.05, 4.69) is 4.90 Å². The number of methoxy groups -OCH3 is 1. The van der Waals surface area contributed by atoms with Crippen molar-refractivity contribution in [2.75, 3.05) is 19.1 Å². The molecule has 1 fully saturated rings. The molecule has 1 aromatic carbocycles. The molecule has 18 heavy (non-hydrogen) atoms. The third kappa shape index (κ3) is 2.63. The highest BCUT2D eigenvalue weighted by Gasteiger charge is 2.22. The van der Waals surface area contributed by atoms with E-state index >= 15 is 0 Å². The first kappa shape index (κ1) is 12.9. The topological polar surface area (TPSA) is 29.5 Å². The standard InChI is InChI=1S/C14H18FNO2/c1-16(10-3-6-12(17)7-4-10)11-5-8-14(18-2)13(15)9-11/h5,8-10H,3-4,6-7H2,1-2H3. The molecule has 1 aromatic rings. The normalized spacial score (nSPS) is 16.7. The van der Waals surface area contributed by atoms with Crippen molar-refractivity contribution in [3.63, 3.8) is 0 Å². The number of hydrogen-bond donors (Lipinski definition) is 0. The van der Waals surface area contributed by atoms with Gasteiger partial charge in [-0.25, -0.2) is 4.39 Å². The second-order valence-electron chi connectivity index (χ2n) is 4.70. The molecule has 0 heterocycles. The molecule has 0 aliphatic heterocycles. The quantitative estimate of drug-likeness (QED) is 0.827. The minimum Gasteiger partial charge on any atom is -0.494 e. The highest BCUT2D eigenvalue weighted by molar-refractivity contribution is 5.79. The van der Waals surface area contributed by atoms with Crippen LogP contribution in [0.2, 0.25) is 0 Å². The highest BCUT2D eigenvalue weighted by atomic mass is 19.1. The first-order chi connectivity index (χ1) is 8.61. The molecule has 3 nitrogen and oxygen atoms in total. The molecule has 4 heteroatoms. The van der Waals surface area contributed by atoms with Crippen LogP contribution in [0.4, 0.5) is 10.1 Å². The molecule has 98 valence electrons. The predicted molar refractivity (Wildman–Crippen MR) is 68.6 cm³/mol. The molecule has 0 spiro atoms. The van der Waals surface area contributed by atoms with Crippen molar-refractivity contribution < 1.29 is 13.9 Å². The fraction of sp³-hybridized carbons (Fsp3) is 0.500. The fourth-order valence-corrected chi connectivity index (χ4v) is 2.40. The van der Waals surface area contributed by atoms with Crippen LogP contribution in [0.3, 0.4) is 0 Å². The Morgan fingerprint density at radius 2 is 2.00 bits per heavy atom. The van der Waals surface area contributed by atoms with Crippen LogP contribution in [-0.2, 0) is 4.79 Å². The Balaban J connectivity index is 2.11. The van der Waals surface area contributed by atoms with E-state index in [1.165, 1.54) is 13.2 Å². The van der Waals surface area contributed by atoms with Gasteiger partial charge in [0, 0.05) is 37.7 Å². The van der Waals surface area contributed by atoms with Crippen LogP contribution in [-0.4, -0.2) is 26.0 Å². The van der Waals surface area contributed by atoms with E-state index in [-0.39, 0.29) is 11.6 Å². The Morgan fingerprint density at radius 3 is 2.56 bits per heavy atom. The molecule has 0 radical (unpaired) electrons. The average molecular weight is 251 g/mol. The summed E-state index contributed by atoms with van der Waals surface area (Å²) in [7, 11) is 3.40. The van der Waals surface area contributed by atoms with Crippen LogP contribution in [0.1, 0.15) is 25.7 Å². The van der Waals surface area contributed by atoms with Crippen molar-refractivity contribution in [1.29, 1.82) is 0 Å². The van der Waals surface area contributed by atoms with Gasteiger partial charge in [0.25, 0.3) is 0 Å². The van der Waals surface area contributed by atoms with E-state index in [1.54, 1.807) is 6.07 Å². The van der Waals surface area contributed by atoms with Gasteiger partial charge in [-0.2, -0.15) is 0 Å². The van der Waals surface area contributed by atoms with Crippen molar-refractivity contribution >= 4 is 11.5 Å². The number of halogens is 1. The number of benzene rings is 1. The second-order valence-corrected chi connectivity index (χ2v) is 4.70. The fourth-order valence-electron chi connectivity index (χ4n) is 2.40. The molecule has 0 N–H and O–H groups in total. The van der Waals surface area contributed by atoms with Gasteiger partial charge in [0.1, 0.15) is 5.78 Å². The van der Waals surface area contributed by atoms with Crippen molar-refractivity contribution in [1.82, 2.24) is 0 Å². The lowest BCUT2D eigenvalue weighted by Gasteiger charge is -2.32. The Kier molecular flexibility index (Phi) is 3.84. The van der Waals surface area contributed by atoms with Gasteiger partial charge in [0.05, 0.1) is 7.11 Å². The number of nitrogens with zero attached hydrogens (tertiary/aromatic N) is 1. The van der Waals surface area contributed by atoms with E-state index in [0.717, 1.165) is 18.5 Å². The molecule has 0 unspecified atom stereocenters. The molecular formula is C14H18FNO2. The third-order valence-corrected chi connectivity index (χ3v) is 3.60. The van der Waals surface area contributed by atoms with E-state index in [1.807, 2.05) is 13.1 Å². The summed E-state index contributed by atoms with van der Waals surface area (Å²) in [6.45, 7) is 0. The summed E-state index contributed by atoms with van der Waals surface area (Å²) in [4.78, 5) is 13.3. The molecule has 2 rings (SSSR count). The number of Topliss-reactive ketones (excluding diaryl/α,β-unsaturated/α-hetero) is 1. The monoisotopic (exact) mass is 251 g/mol. The summed E-state index contributed by atoms with van der Waals surface area (Å²) in [5.41, 5.74) is 0.827. The first-order valence-electron chi connectivity index (χ1n) is 6.20. The number of carbonyl (C=O) groups excluding carboxylic acids is 1. The highest BCUT2D eigenvalue weighted by Crippen LogP contribution is 2.28. The lowest BCUT2D eigenvalue weighted by molar-refractivity contribution is -0.120. The van der Waals surface area contributed by atoms with Gasteiger partial charge in [-0.1, -0.05) is 0 Å². The number of hydrogen-bond acceptors (Lipinski definition) is 3. The van der Waals surface area contributed by atoms with Crippen LogP contribution < -0.4 is 9.64 Å². The summed E-state index contributed by atoms with van der Waals surface area (Å²) >= 11 is 0. The maximum Gasteiger partial charge on any atom is 0.167 e. The van der Waals surface area contributed by atoms with Gasteiger partial charge in [-0.3, -0.25) is 4.79 Å². The maximum atomic E-state index is 13.6. The Bertz CT molecular complexity index is 437. The van der Waals surface area contributed by atoms with Crippen LogP contribution in [0.15, 0.2) is 18.2 Å². The minimum absolute atomic E-state index is 0.256. The van der Waals surface area contributed by atoms with Gasteiger partial charge in [-0.05, 0) is 25.0 Å². The summed E-state index contributed by atoms with van der Waals surface area (Å²) in [5, 5.41) is 0. The van der Waals surface area contributed by atoms with E-state index in [9.17, 15) is 9.18 Å².